The van der Waals surface area contributed by atoms with Crippen LogP contribution >= 0.6 is 23.2 Å². The molecule has 0 atom stereocenters. The molecule has 94 valence electrons. The first kappa shape index (κ1) is 14.2. The Hall–Kier alpha value is -0.840. The number of carbonyl (C=O) groups is 1. The molecule has 0 saturated heterocycles. The number of rotatable bonds is 5. The fraction of sp³-hybridized carbons (Fsp3) is 0.455. The molecule has 17 heavy (non-hydrogen) atoms. The van der Waals surface area contributed by atoms with E-state index in [1.807, 2.05) is 11.8 Å². The molecule has 0 radical (unpaired) electrons. The zero-order valence-electron chi connectivity index (χ0n) is 9.83. The molecule has 0 aromatic carbocycles. The normalized spacial score (nSPS) is 10.6. The van der Waals surface area contributed by atoms with E-state index in [-0.39, 0.29) is 5.91 Å². The summed E-state index contributed by atoms with van der Waals surface area (Å²) in [5.74, 6) is -0.0370. The second-order valence-corrected chi connectivity index (χ2v) is 4.33. The Bertz CT molecular complexity index is 398. The third-order valence-electron chi connectivity index (χ3n) is 2.35. The van der Waals surface area contributed by atoms with Crippen molar-refractivity contribution >= 4 is 29.1 Å². The van der Waals surface area contributed by atoms with Gasteiger partial charge in [0.1, 0.15) is 5.15 Å². The van der Waals surface area contributed by atoms with Gasteiger partial charge >= 0.3 is 0 Å². The van der Waals surface area contributed by atoms with Gasteiger partial charge in [0.2, 0.25) is 5.91 Å². The minimum Gasteiger partial charge on any atom is -0.358 e. The molecule has 6 heteroatoms. The van der Waals surface area contributed by atoms with Crippen molar-refractivity contribution in [1.29, 1.82) is 0 Å². The van der Waals surface area contributed by atoms with E-state index in [9.17, 15) is 4.79 Å². The maximum absolute atomic E-state index is 11.3. The lowest BCUT2D eigenvalue weighted by atomic mass is 10.3. The van der Waals surface area contributed by atoms with Gasteiger partial charge < -0.3 is 5.32 Å². The highest BCUT2D eigenvalue weighted by Crippen LogP contribution is 2.18. The monoisotopic (exact) mass is 275 g/mol. The van der Waals surface area contributed by atoms with Gasteiger partial charge in [-0.25, -0.2) is 4.98 Å². The number of likely N-dealkylation sites (N-methyl/N-ethyl adjacent to an activating group) is 2. The Balaban J connectivity index is 2.73. The molecule has 0 aliphatic carbocycles. The molecule has 1 heterocycles. The summed E-state index contributed by atoms with van der Waals surface area (Å²) >= 11 is 11.8. The average molecular weight is 276 g/mol. The van der Waals surface area contributed by atoms with Gasteiger partial charge in [-0.05, 0) is 18.7 Å². The topological polar surface area (TPSA) is 45.2 Å². The predicted molar refractivity (Wildman–Crippen MR) is 69.3 cm³/mol. The highest BCUT2D eigenvalue weighted by Gasteiger charge is 2.11. The van der Waals surface area contributed by atoms with Crippen molar-refractivity contribution in [2.24, 2.45) is 0 Å². The smallest absolute Gasteiger partial charge is 0.233 e. The van der Waals surface area contributed by atoms with E-state index in [2.05, 4.69) is 10.3 Å². The van der Waals surface area contributed by atoms with Crippen LogP contribution in [-0.2, 0) is 11.3 Å². The van der Waals surface area contributed by atoms with Gasteiger partial charge in [-0.15, -0.1) is 0 Å². The molecule has 1 aromatic heterocycles. The SMILES string of the molecule is CCN(CC(=O)NC)Cc1nc(Cl)ccc1Cl. The van der Waals surface area contributed by atoms with E-state index in [4.69, 9.17) is 23.2 Å². The zero-order chi connectivity index (χ0) is 12.8. The Morgan fingerprint density at radius 1 is 1.47 bits per heavy atom. The summed E-state index contributed by atoms with van der Waals surface area (Å²) in [7, 11) is 1.61. The summed E-state index contributed by atoms with van der Waals surface area (Å²) in [5, 5.41) is 3.54. The van der Waals surface area contributed by atoms with Crippen LogP contribution in [0.4, 0.5) is 0 Å². The summed E-state index contributed by atoms with van der Waals surface area (Å²) in [6.45, 7) is 3.53. The van der Waals surface area contributed by atoms with Crippen LogP contribution in [0.25, 0.3) is 0 Å². The van der Waals surface area contributed by atoms with E-state index in [1.54, 1.807) is 19.2 Å². The fourth-order valence-electron chi connectivity index (χ4n) is 1.34. The lowest BCUT2D eigenvalue weighted by Crippen LogP contribution is -2.35. The molecule has 0 bridgehead atoms. The molecular formula is C11H15Cl2N3O. The summed E-state index contributed by atoms with van der Waals surface area (Å²) in [6.07, 6.45) is 0. The van der Waals surface area contributed by atoms with E-state index >= 15 is 0 Å². The molecule has 1 rings (SSSR count). The highest BCUT2D eigenvalue weighted by atomic mass is 35.5. The van der Waals surface area contributed by atoms with E-state index in [1.165, 1.54) is 0 Å². The second kappa shape index (κ2) is 6.79. The minimum absolute atomic E-state index is 0.0370. The van der Waals surface area contributed by atoms with Gasteiger partial charge in [0.25, 0.3) is 0 Å². The first-order valence-corrected chi connectivity index (χ1v) is 6.06. The van der Waals surface area contributed by atoms with Crippen LogP contribution in [0.2, 0.25) is 10.2 Å². The number of aromatic nitrogens is 1. The Morgan fingerprint density at radius 2 is 2.18 bits per heavy atom. The molecule has 1 aromatic rings. The lowest BCUT2D eigenvalue weighted by molar-refractivity contribution is -0.121. The van der Waals surface area contributed by atoms with Gasteiger partial charge in [0.05, 0.1) is 17.3 Å². The third kappa shape index (κ3) is 4.50. The van der Waals surface area contributed by atoms with Gasteiger partial charge in [-0.2, -0.15) is 0 Å². The first-order valence-electron chi connectivity index (χ1n) is 5.30. The summed E-state index contributed by atoms with van der Waals surface area (Å²) < 4.78 is 0. The quantitative estimate of drug-likeness (QED) is 0.836. The van der Waals surface area contributed by atoms with Gasteiger partial charge in [0, 0.05) is 13.6 Å². The van der Waals surface area contributed by atoms with Crippen molar-refractivity contribution < 1.29 is 4.79 Å². The van der Waals surface area contributed by atoms with Crippen molar-refractivity contribution in [3.63, 3.8) is 0 Å². The van der Waals surface area contributed by atoms with Gasteiger partial charge in [-0.3, -0.25) is 9.69 Å². The van der Waals surface area contributed by atoms with Crippen molar-refractivity contribution in [3.8, 4) is 0 Å². The average Bonchev–Trinajstić information content (AvgIpc) is 2.32. The van der Waals surface area contributed by atoms with Crippen molar-refractivity contribution in [1.82, 2.24) is 15.2 Å². The molecule has 0 fully saturated rings. The van der Waals surface area contributed by atoms with Gasteiger partial charge in [0.15, 0.2) is 0 Å². The number of hydrogen-bond donors (Lipinski definition) is 1. The van der Waals surface area contributed by atoms with Crippen LogP contribution in [0.15, 0.2) is 12.1 Å². The number of nitrogens with zero attached hydrogens (tertiary/aromatic N) is 2. The number of carbonyl (C=O) groups excluding carboxylic acids is 1. The fourth-order valence-corrected chi connectivity index (χ4v) is 1.67. The summed E-state index contributed by atoms with van der Waals surface area (Å²) in [5.41, 5.74) is 0.685. The Morgan fingerprint density at radius 3 is 2.76 bits per heavy atom. The minimum atomic E-state index is -0.0370. The van der Waals surface area contributed by atoms with Crippen LogP contribution < -0.4 is 5.32 Å². The van der Waals surface area contributed by atoms with Crippen molar-refractivity contribution in [3.05, 3.63) is 28.0 Å². The van der Waals surface area contributed by atoms with Crippen molar-refractivity contribution in [2.75, 3.05) is 20.1 Å². The molecular weight excluding hydrogens is 261 g/mol. The number of pyridine rings is 1. The highest BCUT2D eigenvalue weighted by molar-refractivity contribution is 6.32. The number of halogens is 2. The van der Waals surface area contributed by atoms with E-state index in [0.717, 1.165) is 6.54 Å². The van der Waals surface area contributed by atoms with Crippen molar-refractivity contribution in [2.45, 2.75) is 13.5 Å². The standard InChI is InChI=1S/C11H15Cl2N3O/c1-3-16(7-11(17)14-2)6-9-8(12)4-5-10(13)15-9/h4-5H,3,6-7H2,1-2H3,(H,14,17). The van der Waals surface area contributed by atoms with Crippen LogP contribution in [-0.4, -0.2) is 35.9 Å². The predicted octanol–water partition coefficient (Wildman–Crippen LogP) is 1.96. The molecule has 1 amide bonds. The number of nitrogens with one attached hydrogen (secondary N) is 1. The molecule has 0 aliphatic heterocycles. The zero-order valence-corrected chi connectivity index (χ0v) is 11.3. The Labute approximate surface area is 111 Å². The van der Waals surface area contributed by atoms with Crippen LogP contribution in [0.1, 0.15) is 12.6 Å². The molecule has 0 saturated carbocycles. The largest absolute Gasteiger partial charge is 0.358 e. The van der Waals surface area contributed by atoms with Crippen LogP contribution in [0.5, 0.6) is 0 Å². The maximum Gasteiger partial charge on any atom is 0.233 e. The molecule has 0 unspecified atom stereocenters. The summed E-state index contributed by atoms with van der Waals surface area (Å²) in [6, 6.07) is 3.35. The second-order valence-electron chi connectivity index (χ2n) is 3.54. The first-order chi connectivity index (χ1) is 8.06. The molecule has 0 aliphatic rings. The molecule has 0 spiro atoms. The van der Waals surface area contributed by atoms with E-state index < -0.39 is 0 Å². The van der Waals surface area contributed by atoms with Gasteiger partial charge in [-0.1, -0.05) is 30.1 Å². The third-order valence-corrected chi connectivity index (χ3v) is 2.91. The summed E-state index contributed by atoms with van der Waals surface area (Å²) in [4.78, 5) is 17.4. The maximum atomic E-state index is 11.3. The molecule has 4 nitrogen and oxygen atoms in total. The van der Waals surface area contributed by atoms with Crippen LogP contribution in [0.3, 0.4) is 0 Å². The molecule has 1 N–H and O–H groups in total. The number of amides is 1. The van der Waals surface area contributed by atoms with E-state index in [0.29, 0.717) is 29.0 Å². The van der Waals surface area contributed by atoms with Crippen LogP contribution in [0, 0.1) is 0 Å². The number of hydrogen-bond acceptors (Lipinski definition) is 3. The Kier molecular flexibility index (Phi) is 5.68. The lowest BCUT2D eigenvalue weighted by Gasteiger charge is -2.19.